The van der Waals surface area contributed by atoms with Gasteiger partial charge in [-0.25, -0.2) is 0 Å². The Morgan fingerprint density at radius 2 is 1.90 bits per heavy atom. The minimum atomic E-state index is -0.685. The van der Waals surface area contributed by atoms with Crippen molar-refractivity contribution in [3.05, 3.63) is 52.9 Å². The average molecular weight is 401 g/mol. The first-order chi connectivity index (χ1) is 9.43. The number of thiophene rings is 1. The van der Waals surface area contributed by atoms with Gasteiger partial charge in [-0.2, -0.15) is 5.26 Å². The molecule has 0 N–H and O–H groups in total. The first-order valence-electron chi connectivity index (χ1n) is 5.06. The molecule has 0 bridgehead atoms. The summed E-state index contributed by atoms with van der Waals surface area (Å²) in [6, 6.07) is 7.00. The Kier molecular flexibility index (Phi) is 3.96. The predicted molar refractivity (Wildman–Crippen MR) is 80.5 cm³/mol. The zero-order valence-electron chi connectivity index (χ0n) is 9.57. The van der Waals surface area contributed by atoms with Gasteiger partial charge in [-0.1, -0.05) is 0 Å². The van der Waals surface area contributed by atoms with Crippen LogP contribution in [-0.4, -0.2) is 9.85 Å². The number of non-ortho nitro benzene ring substituents is 1. The second-order valence-electron chi connectivity index (χ2n) is 3.63. The Labute approximate surface area is 129 Å². The van der Waals surface area contributed by atoms with Crippen LogP contribution in [0.4, 0.5) is 11.4 Å². The highest BCUT2D eigenvalue weighted by molar-refractivity contribution is 14.1. The lowest BCUT2D eigenvalue weighted by Crippen LogP contribution is -1.94. The number of nitro benzene ring substituents is 2. The molecule has 2 rings (SSSR count). The Hall–Kier alpha value is -2.06. The van der Waals surface area contributed by atoms with E-state index in [2.05, 4.69) is 0 Å². The third-order valence-electron chi connectivity index (χ3n) is 2.46. The molecule has 0 aliphatic rings. The molecule has 0 aliphatic heterocycles. The maximum Gasteiger partial charge on any atom is 0.284 e. The van der Waals surface area contributed by atoms with Crippen molar-refractivity contribution in [3.63, 3.8) is 0 Å². The van der Waals surface area contributed by atoms with E-state index in [0.29, 0.717) is 13.3 Å². The molecular weight excluding hydrogens is 397 g/mol. The Morgan fingerprint density at radius 1 is 1.20 bits per heavy atom. The summed E-state index contributed by atoms with van der Waals surface area (Å²) >= 11 is 3.20. The van der Waals surface area contributed by atoms with Crippen LogP contribution in [0.25, 0.3) is 10.4 Å². The van der Waals surface area contributed by atoms with Crippen LogP contribution in [-0.2, 0) is 0 Å². The fourth-order valence-electron chi connectivity index (χ4n) is 1.57. The SMILES string of the molecule is N#Cc1cc(-c2ccc([N+](=O)[O-])cc2[N+](=O)[O-])sc1I. The van der Waals surface area contributed by atoms with Crippen molar-refractivity contribution in [3.8, 4) is 16.5 Å². The topological polar surface area (TPSA) is 110 Å². The van der Waals surface area contributed by atoms with Crippen LogP contribution < -0.4 is 0 Å². The molecule has 0 aliphatic carbocycles. The van der Waals surface area contributed by atoms with Crippen molar-refractivity contribution in [1.29, 1.82) is 5.26 Å². The zero-order valence-corrected chi connectivity index (χ0v) is 12.5. The zero-order chi connectivity index (χ0) is 14.9. The molecule has 0 spiro atoms. The van der Waals surface area contributed by atoms with E-state index in [1.54, 1.807) is 6.07 Å². The van der Waals surface area contributed by atoms with Gasteiger partial charge in [0.25, 0.3) is 11.4 Å². The van der Waals surface area contributed by atoms with Crippen molar-refractivity contribution >= 4 is 45.3 Å². The summed E-state index contributed by atoms with van der Waals surface area (Å²) in [5.74, 6) is 0. The molecule has 0 amide bonds. The van der Waals surface area contributed by atoms with E-state index in [1.165, 1.54) is 23.5 Å². The molecule has 0 unspecified atom stereocenters. The maximum atomic E-state index is 11.1. The van der Waals surface area contributed by atoms with Crippen LogP contribution in [0.3, 0.4) is 0 Å². The van der Waals surface area contributed by atoms with Gasteiger partial charge in [0.15, 0.2) is 0 Å². The van der Waals surface area contributed by atoms with E-state index in [1.807, 2.05) is 28.7 Å². The van der Waals surface area contributed by atoms with Gasteiger partial charge in [0.1, 0.15) is 6.07 Å². The Morgan fingerprint density at radius 3 is 2.40 bits per heavy atom. The van der Waals surface area contributed by atoms with Gasteiger partial charge in [0.2, 0.25) is 0 Å². The van der Waals surface area contributed by atoms with Gasteiger partial charge in [-0.05, 0) is 34.7 Å². The lowest BCUT2D eigenvalue weighted by Gasteiger charge is -2.00. The quantitative estimate of drug-likeness (QED) is 0.442. The molecular formula is C11H4IN3O4S. The molecule has 1 aromatic heterocycles. The van der Waals surface area contributed by atoms with Crippen molar-refractivity contribution in [1.82, 2.24) is 0 Å². The molecule has 0 fully saturated rings. The largest absolute Gasteiger partial charge is 0.284 e. The first kappa shape index (κ1) is 14.4. The summed E-state index contributed by atoms with van der Waals surface area (Å²) < 4.78 is 0.716. The Balaban J connectivity index is 2.64. The predicted octanol–water partition coefficient (Wildman–Crippen LogP) is 3.71. The lowest BCUT2D eigenvalue weighted by molar-refractivity contribution is -0.393. The minimum Gasteiger partial charge on any atom is -0.258 e. The summed E-state index contributed by atoms with van der Waals surface area (Å²) in [7, 11) is 0. The van der Waals surface area contributed by atoms with Crippen molar-refractivity contribution < 1.29 is 9.85 Å². The van der Waals surface area contributed by atoms with Crippen molar-refractivity contribution in [2.45, 2.75) is 0 Å². The fourth-order valence-corrected chi connectivity index (χ4v) is 3.43. The highest BCUT2D eigenvalue weighted by Crippen LogP contribution is 2.38. The van der Waals surface area contributed by atoms with Gasteiger partial charge in [-0.3, -0.25) is 20.2 Å². The van der Waals surface area contributed by atoms with Gasteiger partial charge >= 0.3 is 0 Å². The van der Waals surface area contributed by atoms with Crippen LogP contribution in [0.15, 0.2) is 24.3 Å². The monoisotopic (exact) mass is 401 g/mol. The number of nitrogens with zero attached hydrogens (tertiary/aromatic N) is 3. The second kappa shape index (κ2) is 5.51. The highest BCUT2D eigenvalue weighted by atomic mass is 127. The van der Waals surface area contributed by atoms with E-state index < -0.39 is 9.85 Å². The van der Waals surface area contributed by atoms with Crippen LogP contribution in [0.2, 0.25) is 0 Å². The number of rotatable bonds is 3. The standard InChI is InChI=1S/C11H4IN3O4S/c12-11-6(5-13)3-10(20-11)8-2-1-7(14(16)17)4-9(8)15(18)19/h1-4H. The molecule has 0 saturated carbocycles. The minimum absolute atomic E-state index is 0.269. The van der Waals surface area contributed by atoms with E-state index in [0.717, 1.165) is 6.07 Å². The maximum absolute atomic E-state index is 11.1. The second-order valence-corrected chi connectivity index (χ2v) is 6.49. The molecule has 20 heavy (non-hydrogen) atoms. The molecule has 1 aromatic carbocycles. The highest BCUT2D eigenvalue weighted by Gasteiger charge is 2.22. The fraction of sp³-hybridized carbons (Fsp3) is 0. The number of nitriles is 1. The van der Waals surface area contributed by atoms with Gasteiger partial charge in [0.05, 0.1) is 29.9 Å². The lowest BCUT2D eigenvalue weighted by atomic mass is 10.1. The number of nitro groups is 2. The van der Waals surface area contributed by atoms with Crippen molar-refractivity contribution in [2.24, 2.45) is 0 Å². The van der Waals surface area contributed by atoms with Crippen molar-refractivity contribution in [2.75, 3.05) is 0 Å². The summed E-state index contributed by atoms with van der Waals surface area (Å²) in [5, 5.41) is 30.6. The van der Waals surface area contributed by atoms with E-state index >= 15 is 0 Å². The molecule has 2 aromatic rings. The summed E-state index contributed by atoms with van der Waals surface area (Å²) in [4.78, 5) is 20.9. The summed E-state index contributed by atoms with van der Waals surface area (Å²) in [6.07, 6.45) is 0. The molecule has 0 radical (unpaired) electrons. The third kappa shape index (κ3) is 2.61. The molecule has 0 saturated heterocycles. The van der Waals surface area contributed by atoms with Crippen LogP contribution >= 0.6 is 33.9 Å². The first-order valence-corrected chi connectivity index (χ1v) is 6.96. The summed E-state index contributed by atoms with van der Waals surface area (Å²) in [5.41, 5.74) is 0.0109. The molecule has 0 atom stereocenters. The third-order valence-corrected chi connectivity index (χ3v) is 4.66. The number of halogens is 1. The Bertz CT molecular complexity index is 766. The van der Waals surface area contributed by atoms with E-state index in [4.69, 9.17) is 5.26 Å². The molecule has 7 nitrogen and oxygen atoms in total. The molecule has 9 heteroatoms. The van der Waals surface area contributed by atoms with E-state index in [9.17, 15) is 20.2 Å². The summed E-state index contributed by atoms with van der Waals surface area (Å²) in [6.45, 7) is 0. The van der Waals surface area contributed by atoms with Gasteiger partial charge in [0, 0.05) is 10.9 Å². The smallest absolute Gasteiger partial charge is 0.258 e. The van der Waals surface area contributed by atoms with Gasteiger partial charge < -0.3 is 0 Å². The molecule has 1 heterocycles. The number of hydrogen-bond acceptors (Lipinski definition) is 6. The van der Waals surface area contributed by atoms with Crippen LogP contribution in [0.1, 0.15) is 5.56 Å². The van der Waals surface area contributed by atoms with Crippen LogP contribution in [0, 0.1) is 34.4 Å². The van der Waals surface area contributed by atoms with E-state index in [-0.39, 0.29) is 16.9 Å². The van der Waals surface area contributed by atoms with Crippen LogP contribution in [0.5, 0.6) is 0 Å². The normalized spacial score (nSPS) is 10.0. The number of benzene rings is 1. The molecule has 100 valence electrons. The average Bonchev–Trinajstić information content (AvgIpc) is 2.79. The van der Waals surface area contributed by atoms with Gasteiger partial charge in [-0.15, -0.1) is 11.3 Å². The number of hydrogen-bond donors (Lipinski definition) is 0.